The number of hydrazine groups is 1. The number of aryl methyl sites for hydroxylation is 1. The molecule has 1 heterocycles. The van der Waals surface area contributed by atoms with Gasteiger partial charge >= 0.3 is 0 Å². The Morgan fingerprint density at radius 3 is 3.00 bits per heavy atom. The highest BCUT2D eigenvalue weighted by atomic mass is 79.9. The van der Waals surface area contributed by atoms with Gasteiger partial charge in [-0.25, -0.2) is 4.39 Å². The molecule has 5 heteroatoms. The van der Waals surface area contributed by atoms with Crippen molar-refractivity contribution in [3.8, 4) is 0 Å². The summed E-state index contributed by atoms with van der Waals surface area (Å²) in [5.41, 5.74) is 6.20. The van der Waals surface area contributed by atoms with Gasteiger partial charge in [0.25, 0.3) is 0 Å². The van der Waals surface area contributed by atoms with E-state index in [1.54, 1.807) is 12.1 Å². The average Bonchev–Trinajstić information content (AvgIpc) is 2.88. The molecular formula is C15H15BrFN3. The first-order valence-electron chi connectivity index (χ1n) is 6.55. The molecule has 0 spiro atoms. The molecule has 0 amide bonds. The van der Waals surface area contributed by atoms with Crippen LogP contribution in [0.2, 0.25) is 0 Å². The van der Waals surface area contributed by atoms with Crippen LogP contribution < -0.4 is 11.3 Å². The molecule has 3 N–H and O–H groups in total. The van der Waals surface area contributed by atoms with Gasteiger partial charge in [-0.2, -0.15) is 0 Å². The second-order valence-electron chi connectivity index (χ2n) is 5.01. The van der Waals surface area contributed by atoms with E-state index in [2.05, 4.69) is 32.4 Å². The molecule has 2 unspecified atom stereocenters. The summed E-state index contributed by atoms with van der Waals surface area (Å²) in [4.78, 5) is 4.49. The zero-order valence-electron chi connectivity index (χ0n) is 10.8. The standard InChI is InChI=1S/C15H15BrFN3/c16-12-8-10(4-6-13(12)17)15(20-18)11-5-3-9-2-1-7-19-14(9)11/h1-2,4,6-8,11,15,20H,3,5,18H2. The number of fused-ring (bicyclic) bond motifs is 1. The number of pyridine rings is 1. The highest BCUT2D eigenvalue weighted by molar-refractivity contribution is 9.10. The largest absolute Gasteiger partial charge is 0.271 e. The van der Waals surface area contributed by atoms with Crippen molar-refractivity contribution in [3.63, 3.8) is 0 Å². The van der Waals surface area contributed by atoms with E-state index in [9.17, 15) is 4.39 Å². The lowest BCUT2D eigenvalue weighted by Gasteiger charge is -2.23. The van der Waals surface area contributed by atoms with Crippen LogP contribution in [0.1, 0.15) is 35.2 Å². The smallest absolute Gasteiger partial charge is 0.137 e. The Morgan fingerprint density at radius 2 is 2.25 bits per heavy atom. The third-order valence-corrected chi connectivity index (χ3v) is 4.49. The Kier molecular flexibility index (Phi) is 3.83. The maximum Gasteiger partial charge on any atom is 0.137 e. The fraction of sp³-hybridized carbons (Fsp3) is 0.267. The van der Waals surface area contributed by atoms with Gasteiger partial charge in [-0.15, -0.1) is 0 Å². The highest BCUT2D eigenvalue weighted by Gasteiger charge is 2.31. The van der Waals surface area contributed by atoms with E-state index in [0.717, 1.165) is 24.1 Å². The van der Waals surface area contributed by atoms with Crippen LogP contribution in [0.15, 0.2) is 41.0 Å². The molecule has 2 atom stereocenters. The molecule has 1 aromatic carbocycles. The molecule has 0 radical (unpaired) electrons. The first kappa shape index (κ1) is 13.7. The number of benzene rings is 1. The van der Waals surface area contributed by atoms with Crippen molar-refractivity contribution >= 4 is 15.9 Å². The molecule has 104 valence electrons. The summed E-state index contributed by atoms with van der Waals surface area (Å²) in [5.74, 6) is 5.69. The van der Waals surface area contributed by atoms with E-state index in [0.29, 0.717) is 4.47 Å². The molecule has 3 rings (SSSR count). The minimum absolute atomic E-state index is 0.0666. The van der Waals surface area contributed by atoms with E-state index < -0.39 is 0 Å². The van der Waals surface area contributed by atoms with Crippen molar-refractivity contribution in [2.75, 3.05) is 0 Å². The number of nitrogens with one attached hydrogen (secondary N) is 1. The number of halogens is 2. The molecule has 3 nitrogen and oxygen atoms in total. The summed E-state index contributed by atoms with van der Waals surface area (Å²) in [7, 11) is 0. The van der Waals surface area contributed by atoms with Gasteiger partial charge in [-0.05, 0) is 58.1 Å². The van der Waals surface area contributed by atoms with Crippen LogP contribution in [-0.2, 0) is 6.42 Å². The van der Waals surface area contributed by atoms with E-state index in [-0.39, 0.29) is 17.8 Å². The summed E-state index contributed by atoms with van der Waals surface area (Å²) >= 11 is 3.22. The van der Waals surface area contributed by atoms with Crippen LogP contribution in [-0.4, -0.2) is 4.98 Å². The predicted octanol–water partition coefficient (Wildman–Crippen LogP) is 3.22. The molecule has 1 aliphatic rings. The minimum Gasteiger partial charge on any atom is -0.271 e. The predicted molar refractivity (Wildman–Crippen MR) is 79.5 cm³/mol. The molecule has 0 aliphatic heterocycles. The third-order valence-electron chi connectivity index (χ3n) is 3.89. The highest BCUT2D eigenvalue weighted by Crippen LogP contribution is 2.40. The summed E-state index contributed by atoms with van der Waals surface area (Å²) in [6.45, 7) is 0. The maximum atomic E-state index is 13.4. The van der Waals surface area contributed by atoms with Crippen LogP contribution >= 0.6 is 15.9 Å². The van der Waals surface area contributed by atoms with Crippen LogP contribution in [0.5, 0.6) is 0 Å². The lowest BCUT2D eigenvalue weighted by molar-refractivity contribution is 0.446. The molecule has 20 heavy (non-hydrogen) atoms. The molecule has 0 saturated heterocycles. The summed E-state index contributed by atoms with van der Waals surface area (Å²) in [6, 6.07) is 9.00. The van der Waals surface area contributed by atoms with Crippen molar-refractivity contribution in [2.24, 2.45) is 5.84 Å². The number of nitrogens with two attached hydrogens (primary N) is 1. The van der Waals surface area contributed by atoms with Crippen molar-refractivity contribution in [1.82, 2.24) is 10.4 Å². The second-order valence-corrected chi connectivity index (χ2v) is 5.87. The fourth-order valence-electron chi connectivity index (χ4n) is 2.92. The Balaban J connectivity index is 1.97. The number of aromatic nitrogens is 1. The first-order valence-corrected chi connectivity index (χ1v) is 7.35. The lowest BCUT2D eigenvalue weighted by atomic mass is 9.91. The van der Waals surface area contributed by atoms with Crippen LogP contribution in [0, 0.1) is 5.82 Å². The van der Waals surface area contributed by atoms with Gasteiger partial charge in [-0.1, -0.05) is 12.1 Å². The molecule has 1 aromatic heterocycles. The minimum atomic E-state index is -0.269. The Morgan fingerprint density at radius 1 is 1.40 bits per heavy atom. The summed E-state index contributed by atoms with van der Waals surface area (Å²) in [6.07, 6.45) is 3.82. The monoisotopic (exact) mass is 335 g/mol. The van der Waals surface area contributed by atoms with Crippen molar-refractivity contribution in [2.45, 2.75) is 24.8 Å². The zero-order valence-corrected chi connectivity index (χ0v) is 12.4. The van der Waals surface area contributed by atoms with Crippen LogP contribution in [0.3, 0.4) is 0 Å². The van der Waals surface area contributed by atoms with Gasteiger partial charge in [-0.3, -0.25) is 16.3 Å². The van der Waals surface area contributed by atoms with Gasteiger partial charge in [0, 0.05) is 17.8 Å². The number of hydrogen-bond donors (Lipinski definition) is 2. The zero-order chi connectivity index (χ0) is 14.1. The lowest BCUT2D eigenvalue weighted by Crippen LogP contribution is -2.32. The normalized spacial score (nSPS) is 18.9. The topological polar surface area (TPSA) is 50.9 Å². The molecule has 1 aliphatic carbocycles. The van der Waals surface area contributed by atoms with E-state index in [1.807, 2.05) is 12.3 Å². The molecule has 0 fully saturated rings. The average molecular weight is 336 g/mol. The second kappa shape index (κ2) is 5.60. The van der Waals surface area contributed by atoms with Gasteiger partial charge in [0.15, 0.2) is 0 Å². The van der Waals surface area contributed by atoms with Gasteiger partial charge in [0.2, 0.25) is 0 Å². The molecular weight excluding hydrogens is 321 g/mol. The van der Waals surface area contributed by atoms with Crippen LogP contribution in [0.25, 0.3) is 0 Å². The van der Waals surface area contributed by atoms with Gasteiger partial charge < -0.3 is 0 Å². The third kappa shape index (κ3) is 2.37. The fourth-order valence-corrected chi connectivity index (χ4v) is 3.32. The first-order chi connectivity index (χ1) is 9.70. The molecule has 2 aromatic rings. The Labute approximate surface area is 125 Å². The van der Waals surface area contributed by atoms with E-state index in [1.165, 1.54) is 11.6 Å². The number of rotatable bonds is 3. The van der Waals surface area contributed by atoms with Crippen LogP contribution in [0.4, 0.5) is 4.39 Å². The van der Waals surface area contributed by atoms with E-state index >= 15 is 0 Å². The van der Waals surface area contributed by atoms with Gasteiger partial charge in [0.1, 0.15) is 5.82 Å². The summed E-state index contributed by atoms with van der Waals surface area (Å²) in [5, 5.41) is 0. The maximum absolute atomic E-state index is 13.4. The quantitative estimate of drug-likeness (QED) is 0.668. The van der Waals surface area contributed by atoms with Crippen molar-refractivity contribution in [1.29, 1.82) is 0 Å². The molecule has 0 saturated carbocycles. The van der Waals surface area contributed by atoms with Crippen molar-refractivity contribution in [3.05, 3.63) is 63.6 Å². The Bertz CT molecular complexity index is 632. The number of nitrogens with zero attached hydrogens (tertiary/aromatic N) is 1. The van der Waals surface area contributed by atoms with Crippen molar-refractivity contribution < 1.29 is 4.39 Å². The Hall–Kier alpha value is -1.30. The van der Waals surface area contributed by atoms with Gasteiger partial charge in [0.05, 0.1) is 10.5 Å². The summed E-state index contributed by atoms with van der Waals surface area (Å²) < 4.78 is 13.8. The van der Waals surface area contributed by atoms with E-state index in [4.69, 9.17) is 5.84 Å². The SMILES string of the molecule is NNC(c1ccc(F)c(Br)c1)C1CCc2cccnc21. The number of hydrogen-bond acceptors (Lipinski definition) is 3. The molecule has 0 bridgehead atoms.